The van der Waals surface area contributed by atoms with Gasteiger partial charge >= 0.3 is 0 Å². The summed E-state index contributed by atoms with van der Waals surface area (Å²) in [6.07, 6.45) is 1.74. The second-order valence-corrected chi connectivity index (χ2v) is 4.50. The smallest absolute Gasteiger partial charge is 0.184 e. The Bertz CT molecular complexity index is 753. The molecule has 1 aromatic carbocycles. The molecule has 2 N–H and O–H groups in total. The van der Waals surface area contributed by atoms with Crippen molar-refractivity contribution in [3.05, 3.63) is 41.6 Å². The van der Waals surface area contributed by atoms with E-state index in [9.17, 15) is 0 Å². The van der Waals surface area contributed by atoms with Crippen LogP contribution in [0.5, 0.6) is 5.75 Å². The Morgan fingerprint density at radius 3 is 2.89 bits per heavy atom. The van der Waals surface area contributed by atoms with Gasteiger partial charge in [0.15, 0.2) is 11.5 Å². The molecule has 0 bridgehead atoms. The monoisotopic (exact) mass is 274 g/mol. The molecule has 3 aromatic rings. The fourth-order valence-corrected chi connectivity index (χ4v) is 2.16. The van der Waals surface area contributed by atoms with E-state index in [1.807, 2.05) is 24.3 Å². The van der Waals surface area contributed by atoms with Crippen LogP contribution in [0.2, 0.25) is 5.02 Å². The summed E-state index contributed by atoms with van der Waals surface area (Å²) in [5, 5.41) is 8.78. The van der Waals surface area contributed by atoms with Crippen molar-refractivity contribution in [3.63, 3.8) is 0 Å². The van der Waals surface area contributed by atoms with Crippen molar-refractivity contribution in [2.24, 2.45) is 0 Å². The van der Waals surface area contributed by atoms with Crippen molar-refractivity contribution in [2.45, 2.75) is 0 Å². The highest BCUT2D eigenvalue weighted by Crippen LogP contribution is 2.26. The van der Waals surface area contributed by atoms with Gasteiger partial charge in [-0.05, 0) is 18.2 Å². The molecule has 0 aliphatic carbocycles. The lowest BCUT2D eigenvalue weighted by Gasteiger charge is -2.04. The molecular weight excluding hydrogens is 264 g/mol. The molecule has 6 heteroatoms. The molecule has 0 saturated carbocycles. The van der Waals surface area contributed by atoms with E-state index in [4.69, 9.17) is 22.1 Å². The molecule has 5 nitrogen and oxygen atoms in total. The number of rotatable bonds is 2. The van der Waals surface area contributed by atoms with Gasteiger partial charge in [0.25, 0.3) is 0 Å². The summed E-state index contributed by atoms with van der Waals surface area (Å²) in [6.45, 7) is 0. The highest BCUT2D eigenvalue weighted by atomic mass is 35.5. The summed E-state index contributed by atoms with van der Waals surface area (Å²) in [6, 6.07) is 9.22. The number of hydrogen-bond acceptors (Lipinski definition) is 4. The van der Waals surface area contributed by atoms with Crippen LogP contribution in [0, 0.1) is 0 Å². The van der Waals surface area contributed by atoms with E-state index in [-0.39, 0.29) is 0 Å². The zero-order valence-corrected chi connectivity index (χ0v) is 10.9. The van der Waals surface area contributed by atoms with Crippen molar-refractivity contribution >= 4 is 22.9 Å². The van der Waals surface area contributed by atoms with E-state index in [1.54, 1.807) is 23.8 Å². The normalized spacial score (nSPS) is 10.8. The average Bonchev–Trinajstić information content (AvgIpc) is 2.82. The molecule has 19 heavy (non-hydrogen) atoms. The van der Waals surface area contributed by atoms with Crippen LogP contribution in [-0.4, -0.2) is 21.7 Å². The first-order valence-corrected chi connectivity index (χ1v) is 6.01. The van der Waals surface area contributed by atoms with Gasteiger partial charge in [0, 0.05) is 11.8 Å². The largest absolute Gasteiger partial charge is 0.497 e. The van der Waals surface area contributed by atoms with E-state index in [1.165, 1.54) is 0 Å². The Hall–Kier alpha value is -2.27. The number of nitrogens with two attached hydrogens (primary N) is 1. The van der Waals surface area contributed by atoms with Crippen LogP contribution in [0.3, 0.4) is 0 Å². The molecule has 0 aliphatic rings. The Kier molecular flexibility index (Phi) is 2.76. The molecule has 0 amide bonds. The fourth-order valence-electron chi connectivity index (χ4n) is 1.94. The highest BCUT2D eigenvalue weighted by Gasteiger charge is 2.11. The van der Waals surface area contributed by atoms with Gasteiger partial charge in [-0.15, -0.1) is 10.2 Å². The van der Waals surface area contributed by atoms with Gasteiger partial charge in [0.2, 0.25) is 0 Å². The number of anilines is 1. The number of hydrogen-bond donors (Lipinski definition) is 1. The maximum Gasteiger partial charge on any atom is 0.184 e. The van der Waals surface area contributed by atoms with Gasteiger partial charge in [-0.2, -0.15) is 0 Å². The Labute approximate surface area is 114 Å². The minimum Gasteiger partial charge on any atom is -0.497 e. The summed E-state index contributed by atoms with van der Waals surface area (Å²) in [5.74, 6) is 1.42. The molecule has 0 fully saturated rings. The molecule has 3 rings (SSSR count). The first-order valence-electron chi connectivity index (χ1n) is 5.63. The Morgan fingerprint density at radius 1 is 1.26 bits per heavy atom. The van der Waals surface area contributed by atoms with Crippen LogP contribution >= 0.6 is 11.6 Å². The molecule has 2 heterocycles. The summed E-state index contributed by atoms with van der Waals surface area (Å²) >= 11 is 6.02. The molecule has 0 radical (unpaired) electrons. The third-order valence-electron chi connectivity index (χ3n) is 2.83. The van der Waals surface area contributed by atoms with Crippen LogP contribution in [-0.2, 0) is 0 Å². The van der Waals surface area contributed by atoms with Crippen LogP contribution < -0.4 is 10.5 Å². The number of fused-ring (bicyclic) bond motifs is 1. The van der Waals surface area contributed by atoms with Crippen molar-refractivity contribution < 1.29 is 4.74 Å². The third-order valence-corrected chi connectivity index (χ3v) is 3.03. The zero-order valence-electron chi connectivity index (χ0n) is 10.2. The molecule has 0 unspecified atom stereocenters. The zero-order chi connectivity index (χ0) is 13.4. The lowest BCUT2D eigenvalue weighted by atomic mass is 10.2. The molecule has 0 spiro atoms. The fraction of sp³-hybridized carbons (Fsp3) is 0.0769. The van der Waals surface area contributed by atoms with Crippen molar-refractivity contribution in [1.29, 1.82) is 0 Å². The molecule has 0 atom stereocenters. The predicted octanol–water partition coefficient (Wildman–Crippen LogP) is 2.64. The molecular formula is C13H11ClN4O. The highest BCUT2D eigenvalue weighted by molar-refractivity contribution is 6.30. The van der Waals surface area contributed by atoms with E-state index in [2.05, 4.69) is 10.2 Å². The van der Waals surface area contributed by atoms with Gasteiger partial charge in [0.05, 0.1) is 17.8 Å². The number of ether oxygens (including phenoxy) is 1. The molecule has 96 valence electrons. The van der Waals surface area contributed by atoms with Crippen LogP contribution in [0.25, 0.3) is 17.0 Å². The minimum absolute atomic E-state index is 0.495. The number of benzene rings is 1. The molecule has 0 aliphatic heterocycles. The van der Waals surface area contributed by atoms with Crippen molar-refractivity contribution in [3.8, 4) is 17.1 Å². The second kappa shape index (κ2) is 4.44. The summed E-state index contributed by atoms with van der Waals surface area (Å²) in [5.41, 5.74) is 7.83. The molecule has 2 aromatic heterocycles. The number of pyridine rings is 1. The number of halogens is 1. The number of nitrogen functional groups attached to an aromatic ring is 1. The SMILES string of the molecule is COc1cccc(-c2nnc3c(N)cc(Cl)cn23)c1. The van der Waals surface area contributed by atoms with Gasteiger partial charge < -0.3 is 10.5 Å². The lowest BCUT2D eigenvalue weighted by Crippen LogP contribution is -1.94. The topological polar surface area (TPSA) is 65.4 Å². The van der Waals surface area contributed by atoms with Crippen molar-refractivity contribution in [2.75, 3.05) is 12.8 Å². The summed E-state index contributed by atoms with van der Waals surface area (Å²) < 4.78 is 6.97. The Morgan fingerprint density at radius 2 is 2.11 bits per heavy atom. The quantitative estimate of drug-likeness (QED) is 0.780. The second-order valence-electron chi connectivity index (χ2n) is 4.06. The molecule has 0 saturated heterocycles. The minimum atomic E-state index is 0.495. The number of nitrogens with zero attached hydrogens (tertiary/aromatic N) is 3. The number of methoxy groups -OCH3 is 1. The van der Waals surface area contributed by atoms with E-state index in [0.29, 0.717) is 22.2 Å². The van der Waals surface area contributed by atoms with Crippen LogP contribution in [0.4, 0.5) is 5.69 Å². The maximum atomic E-state index is 6.02. The first-order chi connectivity index (χ1) is 9.19. The van der Waals surface area contributed by atoms with Gasteiger partial charge in [-0.25, -0.2) is 0 Å². The van der Waals surface area contributed by atoms with E-state index in [0.717, 1.165) is 11.3 Å². The van der Waals surface area contributed by atoms with E-state index >= 15 is 0 Å². The van der Waals surface area contributed by atoms with E-state index < -0.39 is 0 Å². The average molecular weight is 275 g/mol. The van der Waals surface area contributed by atoms with Gasteiger partial charge in [-0.3, -0.25) is 4.40 Å². The first kappa shape index (κ1) is 11.8. The predicted molar refractivity (Wildman–Crippen MR) is 74.4 cm³/mol. The van der Waals surface area contributed by atoms with Gasteiger partial charge in [-0.1, -0.05) is 23.7 Å². The number of aromatic nitrogens is 3. The standard InChI is InChI=1S/C13H11ClN4O/c1-19-10-4-2-3-8(5-10)12-16-17-13-11(15)6-9(14)7-18(12)13/h2-7H,15H2,1H3. The summed E-state index contributed by atoms with van der Waals surface area (Å²) in [7, 11) is 1.62. The van der Waals surface area contributed by atoms with Gasteiger partial charge in [0.1, 0.15) is 5.75 Å². The summed E-state index contributed by atoms with van der Waals surface area (Å²) in [4.78, 5) is 0. The van der Waals surface area contributed by atoms with Crippen LogP contribution in [0.15, 0.2) is 36.5 Å². The Balaban J connectivity index is 2.25. The van der Waals surface area contributed by atoms with Crippen molar-refractivity contribution in [1.82, 2.24) is 14.6 Å². The maximum absolute atomic E-state index is 6.02. The lowest BCUT2D eigenvalue weighted by molar-refractivity contribution is 0.415. The third kappa shape index (κ3) is 1.98. The van der Waals surface area contributed by atoms with Crippen LogP contribution in [0.1, 0.15) is 0 Å².